The summed E-state index contributed by atoms with van der Waals surface area (Å²) >= 11 is 0. The molecule has 3 N–H and O–H groups in total. The average Bonchev–Trinajstić information content (AvgIpc) is 2.74. The second-order valence-corrected chi connectivity index (χ2v) is 9.74. The van der Waals surface area contributed by atoms with Gasteiger partial charge in [-0.15, -0.1) is 0 Å². The molecule has 0 aliphatic carbocycles. The van der Waals surface area contributed by atoms with Gasteiger partial charge in [0.25, 0.3) is 0 Å². The van der Waals surface area contributed by atoms with Gasteiger partial charge in [-0.25, -0.2) is 0 Å². The summed E-state index contributed by atoms with van der Waals surface area (Å²) in [6.45, 7) is 16.3. The second-order valence-electron chi connectivity index (χ2n) is 7.51. The van der Waals surface area contributed by atoms with Crippen molar-refractivity contribution >= 4 is 8.80 Å². The van der Waals surface area contributed by atoms with Gasteiger partial charge in [-0.1, -0.05) is 84.1 Å². The second kappa shape index (κ2) is 18.2. The van der Waals surface area contributed by atoms with Crippen LogP contribution in [-0.4, -0.2) is 8.80 Å². The summed E-state index contributed by atoms with van der Waals surface area (Å²) in [4.78, 5) is 0. The molecule has 0 heterocycles. The Morgan fingerprint density at radius 3 is 1.20 bits per heavy atom. The van der Waals surface area contributed by atoms with Gasteiger partial charge in [0.1, 0.15) is 0 Å². The first-order valence-electron chi connectivity index (χ1n) is 11.4. The molecule has 0 aromatic carbocycles. The van der Waals surface area contributed by atoms with Crippen LogP contribution >= 0.6 is 0 Å². The normalized spacial score (nSPS) is 14.9. The Labute approximate surface area is 186 Å². The van der Waals surface area contributed by atoms with Gasteiger partial charge in [0.2, 0.25) is 0 Å². The zero-order valence-corrected chi connectivity index (χ0v) is 21.1. The fourth-order valence-corrected chi connectivity index (χ4v) is 3.62. The Balaban J connectivity index is 5.08. The van der Waals surface area contributed by atoms with Crippen molar-refractivity contribution in [2.75, 3.05) is 0 Å². The lowest BCUT2D eigenvalue weighted by molar-refractivity contribution is -0.00589. The lowest BCUT2D eigenvalue weighted by Crippen LogP contribution is -2.53. The predicted molar refractivity (Wildman–Crippen MR) is 128 cm³/mol. The Morgan fingerprint density at radius 2 is 0.967 bits per heavy atom. The Kier molecular flexibility index (Phi) is 17.3. The summed E-state index contributed by atoms with van der Waals surface area (Å²) < 4.78 is 17.7. The zero-order chi connectivity index (χ0) is 22.7. The minimum atomic E-state index is -3.29. The molecule has 0 aliphatic rings. The molecule has 0 rings (SSSR count). The minimum Gasteiger partial charge on any atom is -0.278 e. The highest BCUT2D eigenvalue weighted by molar-refractivity contribution is 6.65. The number of hydrogen-bond acceptors (Lipinski definition) is 6. The number of nitrogens with one attached hydrogen (secondary N) is 3. The van der Waals surface area contributed by atoms with Gasteiger partial charge in [0, 0.05) is 17.1 Å². The third-order valence-electron chi connectivity index (χ3n) is 4.34. The molecule has 0 aromatic heterocycles. The maximum atomic E-state index is 5.90. The number of hydrogen-bond donors (Lipinski definition) is 3. The molecule has 174 valence electrons. The van der Waals surface area contributed by atoms with Gasteiger partial charge < -0.3 is 0 Å². The Hall–Kier alpha value is -1.54. The first-order chi connectivity index (χ1) is 14.4. The maximum Gasteiger partial charge on any atom is 0.594 e. The number of rotatable bonds is 19. The summed E-state index contributed by atoms with van der Waals surface area (Å²) in [5.41, 5.74) is 13.2. The molecule has 0 radical (unpaired) electrons. The smallest absolute Gasteiger partial charge is 0.278 e. The molecule has 0 saturated carbocycles. The van der Waals surface area contributed by atoms with Crippen molar-refractivity contribution in [1.82, 2.24) is 16.4 Å². The van der Waals surface area contributed by atoms with E-state index >= 15 is 0 Å². The topological polar surface area (TPSA) is 63.8 Å². The molecule has 0 bridgehead atoms. The molecular weight excluding hydrogens is 394 g/mol. The molecular formula is C23H45N3O3Si. The van der Waals surface area contributed by atoms with E-state index in [2.05, 4.69) is 62.0 Å². The lowest BCUT2D eigenvalue weighted by atomic mass is 10.2. The van der Waals surface area contributed by atoms with Crippen LogP contribution in [0.4, 0.5) is 0 Å². The average molecular weight is 440 g/mol. The Bertz CT molecular complexity index is 478. The van der Waals surface area contributed by atoms with Crippen LogP contribution in [-0.2, 0) is 13.6 Å². The molecule has 0 saturated heterocycles. The lowest BCUT2D eigenvalue weighted by Gasteiger charge is -2.27. The summed E-state index contributed by atoms with van der Waals surface area (Å²) in [6, 6.07) is 0. The minimum absolute atomic E-state index is 0.916. The third-order valence-corrected chi connectivity index (χ3v) is 6.00. The molecule has 0 unspecified atom stereocenters. The van der Waals surface area contributed by atoms with Crippen LogP contribution in [0.3, 0.4) is 0 Å². The van der Waals surface area contributed by atoms with Crippen LogP contribution in [0.1, 0.15) is 99.3 Å². The van der Waals surface area contributed by atoms with Crippen LogP contribution in [0.5, 0.6) is 0 Å². The van der Waals surface area contributed by atoms with Crippen LogP contribution in [0.2, 0.25) is 0 Å². The molecule has 0 aromatic rings. The molecule has 6 nitrogen and oxygen atoms in total. The summed E-state index contributed by atoms with van der Waals surface area (Å²) in [5, 5.41) is 0. The van der Waals surface area contributed by atoms with Gasteiger partial charge >= 0.3 is 8.80 Å². The molecule has 0 spiro atoms. The van der Waals surface area contributed by atoms with Crippen molar-refractivity contribution in [2.24, 2.45) is 0 Å². The highest BCUT2D eigenvalue weighted by atomic mass is 28.4. The van der Waals surface area contributed by atoms with E-state index in [-0.39, 0.29) is 0 Å². The van der Waals surface area contributed by atoms with Gasteiger partial charge in [0.15, 0.2) is 0 Å². The van der Waals surface area contributed by atoms with Gasteiger partial charge in [0.05, 0.1) is 0 Å². The molecule has 0 atom stereocenters. The Morgan fingerprint density at radius 1 is 0.667 bits per heavy atom. The largest absolute Gasteiger partial charge is 0.594 e. The highest BCUT2D eigenvalue weighted by Gasteiger charge is 2.42. The molecule has 0 fully saturated rings. The predicted octanol–water partition coefficient (Wildman–Crippen LogP) is 6.50. The SMILES string of the molecule is C=C[Si](ONC(C)=CCCCC)(ONC(C)=CCCCC)ONC(C)=CCCCC. The van der Waals surface area contributed by atoms with Crippen LogP contribution in [0.25, 0.3) is 0 Å². The molecule has 30 heavy (non-hydrogen) atoms. The van der Waals surface area contributed by atoms with Crippen molar-refractivity contribution in [1.29, 1.82) is 0 Å². The van der Waals surface area contributed by atoms with E-state index in [0.717, 1.165) is 74.9 Å². The quantitative estimate of drug-likeness (QED) is 0.121. The van der Waals surface area contributed by atoms with Crippen molar-refractivity contribution in [2.45, 2.75) is 99.3 Å². The van der Waals surface area contributed by atoms with Crippen molar-refractivity contribution in [3.8, 4) is 0 Å². The first kappa shape index (κ1) is 28.5. The third kappa shape index (κ3) is 14.4. The van der Waals surface area contributed by atoms with E-state index in [1.807, 2.05) is 20.8 Å². The van der Waals surface area contributed by atoms with Crippen LogP contribution in [0.15, 0.2) is 47.6 Å². The summed E-state index contributed by atoms with van der Waals surface area (Å²) in [5.74, 6) is 0. The monoisotopic (exact) mass is 439 g/mol. The fourth-order valence-electron chi connectivity index (χ4n) is 2.34. The first-order valence-corrected chi connectivity index (χ1v) is 13.2. The summed E-state index contributed by atoms with van der Waals surface area (Å²) in [6.07, 6.45) is 16.2. The molecule has 0 amide bonds. The standard InChI is InChI=1S/C23H45N3O3Si/c1-8-12-15-18-21(5)24-27-30(11-4,28-25-22(6)19-16-13-9-2)29-26-23(7)20-17-14-10-3/h11,18-20,24-26H,4,8-10,12-17H2,1-3,5-7H3. The summed E-state index contributed by atoms with van der Waals surface area (Å²) in [7, 11) is -3.29. The van der Waals surface area contributed by atoms with E-state index in [9.17, 15) is 0 Å². The van der Waals surface area contributed by atoms with E-state index in [1.54, 1.807) is 5.70 Å². The number of hydroxylamine groups is 3. The van der Waals surface area contributed by atoms with Crippen molar-refractivity contribution in [3.63, 3.8) is 0 Å². The highest BCUT2D eigenvalue weighted by Crippen LogP contribution is 2.11. The molecule has 0 aliphatic heterocycles. The van der Waals surface area contributed by atoms with E-state index in [1.165, 1.54) is 0 Å². The fraction of sp³-hybridized carbons (Fsp3) is 0.652. The van der Waals surface area contributed by atoms with Gasteiger partial charge in [-0.05, 0) is 45.7 Å². The van der Waals surface area contributed by atoms with Crippen LogP contribution in [0, 0.1) is 0 Å². The van der Waals surface area contributed by atoms with E-state index in [4.69, 9.17) is 13.6 Å². The zero-order valence-electron chi connectivity index (χ0n) is 20.1. The number of unbranched alkanes of at least 4 members (excludes halogenated alkanes) is 6. The number of allylic oxidation sites excluding steroid dienone is 6. The van der Waals surface area contributed by atoms with Gasteiger partial charge in [-0.2, -0.15) is 0 Å². The molecule has 7 heteroatoms. The van der Waals surface area contributed by atoms with Crippen molar-refractivity contribution in [3.05, 3.63) is 47.6 Å². The van der Waals surface area contributed by atoms with Crippen molar-refractivity contribution < 1.29 is 13.6 Å². The van der Waals surface area contributed by atoms with Gasteiger partial charge in [-0.3, -0.25) is 30.0 Å². The van der Waals surface area contributed by atoms with Crippen LogP contribution < -0.4 is 16.4 Å². The van der Waals surface area contributed by atoms with E-state index in [0.29, 0.717) is 0 Å². The van der Waals surface area contributed by atoms with E-state index < -0.39 is 8.80 Å². The maximum absolute atomic E-state index is 5.90.